The number of pyridine rings is 1. The molecular weight excluding hydrogens is 463 g/mol. The Balaban J connectivity index is 1.64. The number of aromatic nitrogens is 1. The molecule has 34 heavy (non-hydrogen) atoms. The van der Waals surface area contributed by atoms with Gasteiger partial charge >= 0.3 is 6.09 Å². The number of carbonyl (C=O) groups is 2. The van der Waals surface area contributed by atoms with Gasteiger partial charge in [-0.05, 0) is 35.9 Å². The summed E-state index contributed by atoms with van der Waals surface area (Å²) in [6.07, 6.45) is 1.66. The van der Waals surface area contributed by atoms with Crippen molar-refractivity contribution in [2.45, 2.75) is 32.4 Å². The first-order chi connectivity index (χ1) is 16.4. The Kier molecular flexibility index (Phi) is 9.15. The summed E-state index contributed by atoms with van der Waals surface area (Å²) in [5.41, 5.74) is 3.40. The van der Waals surface area contributed by atoms with Crippen molar-refractivity contribution in [3.63, 3.8) is 0 Å². The second-order valence-electron chi connectivity index (χ2n) is 7.60. The summed E-state index contributed by atoms with van der Waals surface area (Å²) in [5.74, 6) is -0.567. The number of hydrogen-bond acceptors (Lipinski definition) is 6. The molecule has 0 bridgehead atoms. The lowest BCUT2D eigenvalue weighted by Crippen LogP contribution is -2.50. The molecular formula is C24H26ClFN4O4. The zero-order chi connectivity index (χ0) is 24.5. The van der Waals surface area contributed by atoms with Gasteiger partial charge in [0.2, 0.25) is 5.91 Å². The number of halogens is 2. The molecule has 0 unspecified atom stereocenters. The minimum Gasteiger partial charge on any atom is -0.447 e. The van der Waals surface area contributed by atoms with Gasteiger partial charge in [0.1, 0.15) is 18.2 Å². The van der Waals surface area contributed by atoms with E-state index >= 15 is 0 Å². The Bertz CT molecular complexity index is 1150. The van der Waals surface area contributed by atoms with E-state index < -0.39 is 18.0 Å². The fraction of sp³-hybridized carbons (Fsp3) is 0.292. The summed E-state index contributed by atoms with van der Waals surface area (Å²) in [5, 5.41) is 15.0. The molecule has 2 aromatic carbocycles. The van der Waals surface area contributed by atoms with E-state index in [-0.39, 0.29) is 30.7 Å². The minimum atomic E-state index is -0.728. The van der Waals surface area contributed by atoms with Crippen LogP contribution < -0.4 is 10.7 Å². The van der Waals surface area contributed by atoms with Crippen molar-refractivity contribution in [2.24, 2.45) is 0 Å². The first-order valence-electron chi connectivity index (χ1n) is 10.7. The van der Waals surface area contributed by atoms with E-state index in [0.29, 0.717) is 24.2 Å². The fourth-order valence-corrected chi connectivity index (χ4v) is 3.62. The molecule has 3 aromatic rings. The SMILES string of the molecule is CC(=O)N(NCc1cccc(F)c1Cl)[C@@H](CCCO)COC(=O)Nc1cc2ccccc2cn1. The number of ether oxygens (including phenoxy) is 1. The number of amides is 2. The Morgan fingerprint density at radius 3 is 2.71 bits per heavy atom. The number of carbonyl (C=O) groups excluding carboxylic acids is 2. The van der Waals surface area contributed by atoms with Crippen molar-refractivity contribution < 1.29 is 23.8 Å². The molecule has 0 aliphatic heterocycles. The molecule has 2 amide bonds. The van der Waals surface area contributed by atoms with Crippen LogP contribution >= 0.6 is 11.6 Å². The van der Waals surface area contributed by atoms with Gasteiger partial charge in [-0.15, -0.1) is 0 Å². The summed E-state index contributed by atoms with van der Waals surface area (Å²) < 4.78 is 19.1. The number of rotatable bonds is 10. The lowest BCUT2D eigenvalue weighted by Gasteiger charge is -2.31. The van der Waals surface area contributed by atoms with Crippen molar-refractivity contribution in [1.29, 1.82) is 0 Å². The number of hydrogen-bond donors (Lipinski definition) is 3. The monoisotopic (exact) mass is 488 g/mol. The largest absolute Gasteiger partial charge is 0.447 e. The van der Waals surface area contributed by atoms with Crippen molar-refractivity contribution in [3.8, 4) is 0 Å². The molecule has 0 spiro atoms. The maximum absolute atomic E-state index is 13.7. The predicted octanol–water partition coefficient (Wildman–Crippen LogP) is 4.27. The maximum Gasteiger partial charge on any atom is 0.412 e. The quantitative estimate of drug-likeness (QED) is 0.368. The number of nitrogens with one attached hydrogen (secondary N) is 2. The molecule has 8 nitrogen and oxygen atoms in total. The maximum atomic E-state index is 13.7. The van der Waals surface area contributed by atoms with Gasteiger partial charge in [0.15, 0.2) is 0 Å². The molecule has 0 saturated heterocycles. The van der Waals surface area contributed by atoms with Crippen LogP contribution in [0.4, 0.5) is 15.0 Å². The summed E-state index contributed by atoms with van der Waals surface area (Å²) in [6, 6.07) is 13.2. The second kappa shape index (κ2) is 12.3. The van der Waals surface area contributed by atoms with Gasteiger partial charge in [0.25, 0.3) is 0 Å². The summed E-state index contributed by atoms with van der Waals surface area (Å²) in [4.78, 5) is 28.9. The van der Waals surface area contributed by atoms with E-state index in [4.69, 9.17) is 16.3 Å². The van der Waals surface area contributed by atoms with E-state index in [1.807, 2.05) is 24.3 Å². The third-order valence-corrected chi connectivity index (χ3v) is 5.56. The molecule has 1 atom stereocenters. The van der Waals surface area contributed by atoms with Gasteiger partial charge in [-0.1, -0.05) is 48.0 Å². The standard InChI is InChI=1S/C24H26ClFN4O4/c1-16(32)30(28-14-19-8-4-10-21(26)23(19)25)20(9-5-11-31)15-34-24(33)29-22-12-17-6-2-3-7-18(17)13-27-22/h2-4,6-8,10,12-13,20,28,31H,5,9,11,14-15H2,1H3,(H,27,29,33)/t20-/m0/s1. The van der Waals surface area contributed by atoms with Crippen molar-refractivity contribution in [3.05, 3.63) is 71.1 Å². The van der Waals surface area contributed by atoms with Gasteiger partial charge in [-0.2, -0.15) is 0 Å². The van der Waals surface area contributed by atoms with Crippen LogP contribution in [0.5, 0.6) is 0 Å². The number of anilines is 1. The van der Waals surface area contributed by atoms with E-state index in [9.17, 15) is 19.1 Å². The Hall–Kier alpha value is -3.27. The highest BCUT2D eigenvalue weighted by atomic mass is 35.5. The van der Waals surface area contributed by atoms with Crippen LogP contribution in [0.15, 0.2) is 54.7 Å². The van der Waals surface area contributed by atoms with Gasteiger partial charge < -0.3 is 9.84 Å². The zero-order valence-electron chi connectivity index (χ0n) is 18.6. The third-order valence-electron chi connectivity index (χ3n) is 5.14. The highest BCUT2D eigenvalue weighted by Gasteiger charge is 2.23. The minimum absolute atomic E-state index is 0.0380. The van der Waals surface area contributed by atoms with Crippen molar-refractivity contribution in [1.82, 2.24) is 15.4 Å². The van der Waals surface area contributed by atoms with Gasteiger partial charge in [-0.3, -0.25) is 15.1 Å². The lowest BCUT2D eigenvalue weighted by atomic mass is 10.1. The highest BCUT2D eigenvalue weighted by Crippen LogP contribution is 2.20. The average Bonchev–Trinajstić information content (AvgIpc) is 2.82. The Morgan fingerprint density at radius 2 is 1.97 bits per heavy atom. The molecule has 3 N–H and O–H groups in total. The van der Waals surface area contributed by atoms with Crippen LogP contribution in [0, 0.1) is 5.82 Å². The molecule has 0 aliphatic rings. The molecule has 0 aliphatic carbocycles. The van der Waals surface area contributed by atoms with E-state index in [1.54, 1.807) is 18.3 Å². The molecule has 3 rings (SSSR count). The molecule has 0 radical (unpaired) electrons. The topological polar surface area (TPSA) is 104 Å². The van der Waals surface area contributed by atoms with Crippen molar-refractivity contribution in [2.75, 3.05) is 18.5 Å². The van der Waals surface area contributed by atoms with E-state index in [2.05, 4.69) is 15.7 Å². The van der Waals surface area contributed by atoms with Gasteiger partial charge in [-0.25, -0.2) is 19.6 Å². The number of aliphatic hydroxyl groups is 1. The highest BCUT2D eigenvalue weighted by molar-refractivity contribution is 6.31. The average molecular weight is 489 g/mol. The number of hydrazine groups is 1. The number of nitrogens with zero attached hydrogens (tertiary/aromatic N) is 2. The molecule has 0 fully saturated rings. The molecule has 10 heteroatoms. The Morgan fingerprint density at radius 1 is 1.21 bits per heavy atom. The van der Waals surface area contributed by atoms with E-state index in [0.717, 1.165) is 10.8 Å². The fourth-order valence-electron chi connectivity index (χ4n) is 3.43. The van der Waals surface area contributed by atoms with Gasteiger partial charge in [0, 0.05) is 31.7 Å². The van der Waals surface area contributed by atoms with Gasteiger partial charge in [0.05, 0.1) is 11.1 Å². The number of fused-ring (bicyclic) bond motifs is 1. The normalized spacial score (nSPS) is 11.8. The molecule has 180 valence electrons. The van der Waals surface area contributed by atoms with Crippen molar-refractivity contribution >= 4 is 40.2 Å². The molecule has 0 saturated carbocycles. The van der Waals surface area contributed by atoms with Crippen LogP contribution in [0.2, 0.25) is 5.02 Å². The predicted molar refractivity (Wildman–Crippen MR) is 128 cm³/mol. The summed E-state index contributed by atoms with van der Waals surface area (Å²) in [6.45, 7) is 1.21. The first kappa shape index (κ1) is 25.4. The Labute approximate surface area is 201 Å². The first-order valence-corrected chi connectivity index (χ1v) is 11.1. The molecule has 1 heterocycles. The summed E-state index contributed by atoms with van der Waals surface area (Å²) >= 11 is 6.00. The third kappa shape index (κ3) is 6.86. The summed E-state index contributed by atoms with van der Waals surface area (Å²) in [7, 11) is 0. The smallest absolute Gasteiger partial charge is 0.412 e. The van der Waals surface area contributed by atoms with Crippen LogP contribution in [-0.2, 0) is 16.1 Å². The molecule has 1 aromatic heterocycles. The van der Waals surface area contributed by atoms with Crippen LogP contribution in [0.1, 0.15) is 25.3 Å². The van der Waals surface area contributed by atoms with Crippen LogP contribution in [0.3, 0.4) is 0 Å². The van der Waals surface area contributed by atoms with Crippen LogP contribution in [0.25, 0.3) is 10.8 Å². The lowest BCUT2D eigenvalue weighted by molar-refractivity contribution is -0.136. The zero-order valence-corrected chi connectivity index (χ0v) is 19.4. The number of benzene rings is 2. The second-order valence-corrected chi connectivity index (χ2v) is 7.97. The van der Waals surface area contributed by atoms with Crippen LogP contribution in [-0.4, -0.2) is 46.4 Å². The van der Waals surface area contributed by atoms with E-state index in [1.165, 1.54) is 24.1 Å². The number of aliphatic hydroxyl groups excluding tert-OH is 1.